The van der Waals surface area contributed by atoms with Crippen LogP contribution in [0.15, 0.2) is 64.1 Å². The number of hydrogen-bond acceptors (Lipinski definition) is 7. The first kappa shape index (κ1) is 17.3. The lowest BCUT2D eigenvalue weighted by Gasteiger charge is -2.01. The van der Waals surface area contributed by atoms with E-state index in [0.717, 1.165) is 0 Å². The molecule has 9 nitrogen and oxygen atoms in total. The standard InChI is InChI=1S/C19H13N3O6/c23-19(13-4-6-17-18(9-13)27-11-26-17)21-20-10-15-5-7-16(28-15)12-2-1-3-14(8-12)22(24)25/h1-10H,11H2,(H,21,23)/b20-10+. The van der Waals surface area contributed by atoms with E-state index in [2.05, 4.69) is 10.5 Å². The van der Waals surface area contributed by atoms with E-state index in [1.807, 2.05) is 0 Å². The summed E-state index contributed by atoms with van der Waals surface area (Å²) in [6, 6.07) is 14.2. The molecule has 9 heteroatoms. The first-order chi connectivity index (χ1) is 13.6. The Labute approximate surface area is 158 Å². The summed E-state index contributed by atoms with van der Waals surface area (Å²) in [5, 5.41) is 14.7. The van der Waals surface area contributed by atoms with E-state index < -0.39 is 10.8 Å². The van der Waals surface area contributed by atoms with Crippen molar-refractivity contribution in [1.29, 1.82) is 0 Å². The summed E-state index contributed by atoms with van der Waals surface area (Å²) in [5.74, 6) is 1.51. The lowest BCUT2D eigenvalue weighted by molar-refractivity contribution is -0.384. The summed E-state index contributed by atoms with van der Waals surface area (Å²) in [7, 11) is 0. The van der Waals surface area contributed by atoms with Crippen LogP contribution in [0.1, 0.15) is 16.1 Å². The van der Waals surface area contributed by atoms with Crippen LogP contribution in [0, 0.1) is 10.1 Å². The van der Waals surface area contributed by atoms with Gasteiger partial charge in [0.2, 0.25) is 6.79 Å². The number of nitro groups is 1. The zero-order chi connectivity index (χ0) is 19.5. The number of fused-ring (bicyclic) bond motifs is 1. The van der Waals surface area contributed by atoms with Gasteiger partial charge in [0.15, 0.2) is 11.5 Å². The third kappa shape index (κ3) is 3.54. The number of non-ortho nitro benzene ring substituents is 1. The lowest BCUT2D eigenvalue weighted by atomic mass is 10.1. The van der Waals surface area contributed by atoms with Gasteiger partial charge in [0.25, 0.3) is 11.6 Å². The molecule has 4 rings (SSSR count). The number of nitrogens with one attached hydrogen (secondary N) is 1. The highest BCUT2D eigenvalue weighted by molar-refractivity contribution is 5.95. The zero-order valence-corrected chi connectivity index (χ0v) is 14.3. The molecule has 2 heterocycles. The number of benzene rings is 2. The van der Waals surface area contributed by atoms with Crippen LogP contribution in [0.3, 0.4) is 0 Å². The van der Waals surface area contributed by atoms with Crippen LogP contribution >= 0.6 is 0 Å². The number of hydrogen-bond donors (Lipinski definition) is 1. The quantitative estimate of drug-likeness (QED) is 0.413. The van der Waals surface area contributed by atoms with Crippen LogP contribution in [0.4, 0.5) is 5.69 Å². The van der Waals surface area contributed by atoms with Gasteiger partial charge in [-0.05, 0) is 30.3 Å². The topological polar surface area (TPSA) is 116 Å². The number of rotatable bonds is 5. The fourth-order valence-electron chi connectivity index (χ4n) is 2.61. The molecular weight excluding hydrogens is 366 g/mol. The number of carbonyl (C=O) groups is 1. The van der Waals surface area contributed by atoms with Crippen LogP contribution in [0.25, 0.3) is 11.3 Å². The second-order valence-corrected chi connectivity index (χ2v) is 5.78. The molecule has 3 aromatic rings. The number of furan rings is 1. The third-order valence-electron chi connectivity index (χ3n) is 3.96. The van der Waals surface area contributed by atoms with Crippen LogP contribution in [-0.4, -0.2) is 23.8 Å². The Morgan fingerprint density at radius 1 is 1.11 bits per heavy atom. The van der Waals surface area contributed by atoms with E-state index in [9.17, 15) is 14.9 Å². The van der Waals surface area contributed by atoms with Crippen molar-refractivity contribution in [3.05, 3.63) is 76.0 Å². The summed E-state index contributed by atoms with van der Waals surface area (Å²) in [6.07, 6.45) is 1.34. The monoisotopic (exact) mass is 379 g/mol. The molecule has 1 aliphatic heterocycles. The molecule has 1 amide bonds. The minimum absolute atomic E-state index is 0.0277. The molecule has 1 aromatic heterocycles. The van der Waals surface area contributed by atoms with Crippen molar-refractivity contribution >= 4 is 17.8 Å². The van der Waals surface area contributed by atoms with Crippen molar-refractivity contribution in [2.24, 2.45) is 5.10 Å². The molecule has 0 atom stereocenters. The van der Waals surface area contributed by atoms with E-state index in [-0.39, 0.29) is 12.5 Å². The number of nitro benzene ring substituents is 1. The Bertz CT molecular complexity index is 1090. The van der Waals surface area contributed by atoms with Crippen molar-refractivity contribution < 1.29 is 23.6 Å². The van der Waals surface area contributed by atoms with E-state index in [1.165, 1.54) is 18.3 Å². The van der Waals surface area contributed by atoms with E-state index in [0.29, 0.717) is 34.1 Å². The molecule has 2 aromatic carbocycles. The number of nitrogens with zero attached hydrogens (tertiary/aromatic N) is 2. The van der Waals surface area contributed by atoms with E-state index in [4.69, 9.17) is 13.9 Å². The molecule has 28 heavy (non-hydrogen) atoms. The Morgan fingerprint density at radius 3 is 2.82 bits per heavy atom. The number of amides is 1. The number of hydrazone groups is 1. The smallest absolute Gasteiger partial charge is 0.271 e. The molecule has 1 aliphatic rings. The second kappa shape index (κ2) is 7.23. The molecule has 0 saturated carbocycles. The molecule has 140 valence electrons. The van der Waals surface area contributed by atoms with Gasteiger partial charge in [0.05, 0.1) is 11.1 Å². The molecule has 0 spiro atoms. The predicted octanol–water partition coefficient (Wildman–Crippen LogP) is 3.35. The summed E-state index contributed by atoms with van der Waals surface area (Å²) < 4.78 is 16.0. The number of carbonyl (C=O) groups excluding carboxylic acids is 1. The zero-order valence-electron chi connectivity index (χ0n) is 14.3. The first-order valence-electron chi connectivity index (χ1n) is 8.18. The van der Waals surface area contributed by atoms with Gasteiger partial charge < -0.3 is 13.9 Å². The SMILES string of the molecule is O=C(N/N=C/c1ccc(-c2cccc([N+](=O)[O-])c2)o1)c1ccc2c(c1)OCO2. The number of ether oxygens (including phenoxy) is 2. The summed E-state index contributed by atoms with van der Waals surface area (Å²) >= 11 is 0. The second-order valence-electron chi connectivity index (χ2n) is 5.78. The van der Waals surface area contributed by atoms with E-state index >= 15 is 0 Å². The van der Waals surface area contributed by atoms with Gasteiger partial charge in [-0.15, -0.1) is 0 Å². The predicted molar refractivity (Wildman–Crippen MR) is 98.4 cm³/mol. The van der Waals surface area contributed by atoms with Crippen molar-refractivity contribution in [3.63, 3.8) is 0 Å². The van der Waals surface area contributed by atoms with Crippen LogP contribution in [-0.2, 0) is 0 Å². The minimum Gasteiger partial charge on any atom is -0.455 e. The first-order valence-corrected chi connectivity index (χ1v) is 8.18. The van der Waals surface area contributed by atoms with Gasteiger partial charge >= 0.3 is 0 Å². The average molecular weight is 379 g/mol. The Balaban J connectivity index is 1.42. The maximum absolute atomic E-state index is 12.1. The van der Waals surface area contributed by atoms with Gasteiger partial charge in [-0.2, -0.15) is 5.10 Å². The molecule has 0 unspecified atom stereocenters. The maximum Gasteiger partial charge on any atom is 0.271 e. The Morgan fingerprint density at radius 2 is 1.96 bits per heavy atom. The van der Waals surface area contributed by atoms with Crippen molar-refractivity contribution in [2.75, 3.05) is 6.79 Å². The molecule has 0 fully saturated rings. The molecular formula is C19H13N3O6. The maximum atomic E-state index is 12.1. The fraction of sp³-hybridized carbons (Fsp3) is 0.0526. The summed E-state index contributed by atoms with van der Waals surface area (Å²) in [6.45, 7) is 0.129. The van der Waals surface area contributed by atoms with Crippen LogP contribution in [0.5, 0.6) is 11.5 Å². The van der Waals surface area contributed by atoms with Crippen molar-refractivity contribution in [2.45, 2.75) is 0 Å². The largest absolute Gasteiger partial charge is 0.455 e. The fourth-order valence-corrected chi connectivity index (χ4v) is 2.61. The average Bonchev–Trinajstić information content (AvgIpc) is 3.36. The van der Waals surface area contributed by atoms with Gasteiger partial charge in [0, 0.05) is 23.3 Å². The van der Waals surface area contributed by atoms with Crippen molar-refractivity contribution in [1.82, 2.24) is 5.43 Å². The highest BCUT2D eigenvalue weighted by Gasteiger charge is 2.16. The van der Waals surface area contributed by atoms with Crippen LogP contribution < -0.4 is 14.9 Å². The summed E-state index contributed by atoms with van der Waals surface area (Å²) in [5.41, 5.74) is 3.31. The lowest BCUT2D eigenvalue weighted by Crippen LogP contribution is -2.17. The van der Waals surface area contributed by atoms with E-state index in [1.54, 1.807) is 42.5 Å². The summed E-state index contributed by atoms with van der Waals surface area (Å²) in [4.78, 5) is 22.5. The molecule has 0 bridgehead atoms. The minimum atomic E-state index is -0.472. The van der Waals surface area contributed by atoms with Crippen molar-refractivity contribution in [3.8, 4) is 22.8 Å². The van der Waals surface area contributed by atoms with Gasteiger partial charge in [-0.1, -0.05) is 12.1 Å². The Hall–Kier alpha value is -4.14. The molecule has 0 radical (unpaired) electrons. The normalized spacial score (nSPS) is 12.3. The molecule has 0 aliphatic carbocycles. The highest BCUT2D eigenvalue weighted by Crippen LogP contribution is 2.32. The highest BCUT2D eigenvalue weighted by atomic mass is 16.7. The van der Waals surface area contributed by atoms with Gasteiger partial charge in [0.1, 0.15) is 11.5 Å². The molecule has 0 saturated heterocycles. The van der Waals surface area contributed by atoms with Gasteiger partial charge in [-0.3, -0.25) is 14.9 Å². The van der Waals surface area contributed by atoms with Gasteiger partial charge in [-0.25, -0.2) is 5.43 Å². The van der Waals surface area contributed by atoms with Crippen LogP contribution in [0.2, 0.25) is 0 Å². The molecule has 1 N–H and O–H groups in total. The third-order valence-corrected chi connectivity index (χ3v) is 3.96. The Kier molecular flexibility index (Phi) is 4.47.